The highest BCUT2D eigenvalue weighted by Crippen LogP contribution is 2.20. The summed E-state index contributed by atoms with van der Waals surface area (Å²) in [7, 11) is 0. The van der Waals surface area contributed by atoms with E-state index >= 15 is 0 Å². The van der Waals surface area contributed by atoms with E-state index in [1.165, 1.54) is 154 Å². The topological polar surface area (TPSA) is 368 Å². The van der Waals surface area contributed by atoms with Gasteiger partial charge in [0.25, 0.3) is 0 Å². The maximum absolute atomic E-state index is 13.6. The molecular formula is C94H162O28. The smallest absolute Gasteiger partial charge is 0.306 e. The van der Waals surface area contributed by atoms with Crippen molar-refractivity contribution in [3.8, 4) is 0 Å². The molecular weight excluding hydrogens is 1580 g/mol. The van der Waals surface area contributed by atoms with Gasteiger partial charge in [0, 0.05) is 25.7 Å². The molecule has 0 aromatic rings. The number of esters is 14. The fourth-order valence-electron chi connectivity index (χ4n) is 12.8. The van der Waals surface area contributed by atoms with Gasteiger partial charge >= 0.3 is 83.6 Å². The molecule has 0 N–H and O–H groups in total. The Balaban J connectivity index is 6.47. The van der Waals surface area contributed by atoms with Gasteiger partial charge in [-0.2, -0.15) is 0 Å². The fourth-order valence-corrected chi connectivity index (χ4v) is 12.8. The molecule has 706 valence electrons. The summed E-state index contributed by atoms with van der Waals surface area (Å²) in [4.78, 5) is 182. The van der Waals surface area contributed by atoms with Crippen LogP contribution in [-0.2, 0) is 133 Å². The quantitative estimate of drug-likeness (QED) is 0.0310. The molecule has 0 unspecified atom stereocenters. The van der Waals surface area contributed by atoms with Crippen LogP contribution >= 0.6 is 0 Å². The number of rotatable bonds is 87. The van der Waals surface area contributed by atoms with Crippen molar-refractivity contribution < 1.29 is 133 Å². The van der Waals surface area contributed by atoms with Crippen molar-refractivity contribution in [1.82, 2.24) is 0 Å². The number of hydrogen-bond donors (Lipinski definition) is 0. The minimum absolute atomic E-state index is 0.131. The number of carbonyl (C=O) groups excluding carboxylic acids is 14. The summed E-state index contributed by atoms with van der Waals surface area (Å²) >= 11 is 0. The van der Waals surface area contributed by atoms with E-state index in [0.29, 0.717) is 38.5 Å². The number of ether oxygens (including phenoxy) is 14. The molecule has 28 heteroatoms. The standard InChI is InChI=1S/C94H162O28/c1-7-13-17-21-25-29-33-37-41-45-49-53-81(95)111-69-77(70-112-82(96)54-50-46-42-38-34-30-26-22-18-14-8-2)119-91(105)63-61-89(103)117-75-80(122-94(108)66-65-93(107)121-79(73-115-87(101)59-57-85(99)109-67-11-5)74-116-88(102)60-58-86(100)110-68-12-6)76-118-90(104)62-64-92(106)120-78(71-113-83(97)55-51-47-43-39-35-31-27-23-19-15-9-3)72-114-84(98)56-52-48-44-40-36-32-28-24-20-16-10-4/h77-80H,7-76H2,1-6H3. The predicted molar refractivity (Wildman–Crippen MR) is 460 cm³/mol. The average molecular weight is 1740 g/mol. The Morgan fingerprint density at radius 1 is 0.139 bits per heavy atom. The van der Waals surface area contributed by atoms with Crippen molar-refractivity contribution in [2.45, 2.75) is 451 Å². The molecule has 0 aromatic carbocycles. The highest BCUT2D eigenvalue weighted by atomic mass is 16.6. The van der Waals surface area contributed by atoms with E-state index < -0.39 is 212 Å². The third-order valence-corrected chi connectivity index (χ3v) is 20.2. The maximum atomic E-state index is 13.6. The van der Waals surface area contributed by atoms with E-state index in [-0.39, 0.29) is 51.7 Å². The number of unbranched alkanes of at least 4 members (excludes halogenated alkanes) is 40. The van der Waals surface area contributed by atoms with Gasteiger partial charge in [0.15, 0.2) is 24.4 Å². The Morgan fingerprint density at radius 3 is 0.410 bits per heavy atom. The third kappa shape index (κ3) is 78.6. The molecule has 0 amide bonds. The molecule has 0 aromatic heterocycles. The van der Waals surface area contributed by atoms with Gasteiger partial charge in [-0.15, -0.1) is 0 Å². The molecule has 0 saturated heterocycles. The van der Waals surface area contributed by atoms with E-state index in [2.05, 4.69) is 27.7 Å². The molecule has 0 aliphatic heterocycles. The van der Waals surface area contributed by atoms with Crippen LogP contribution in [0.25, 0.3) is 0 Å². The molecule has 0 rings (SSSR count). The first kappa shape index (κ1) is 115. The van der Waals surface area contributed by atoms with Gasteiger partial charge in [-0.05, 0) is 38.5 Å². The van der Waals surface area contributed by atoms with Crippen LogP contribution in [0.5, 0.6) is 0 Å². The Morgan fingerprint density at radius 2 is 0.262 bits per heavy atom. The largest absolute Gasteiger partial charge is 0.466 e. The molecule has 0 aliphatic carbocycles. The molecule has 122 heavy (non-hydrogen) atoms. The second-order valence-corrected chi connectivity index (χ2v) is 32.0. The SMILES string of the molecule is CCCCCCCCCCCCCC(=O)OCC(COC(=O)CCCCCCCCCCCCC)OC(=O)CCC(=O)OCC(COC(=O)CCC(=O)OC(COC(=O)CCCCCCCCCCCCC)COC(=O)CCCCCCCCCCCCC)OC(=O)CCC(=O)OC(COC(=O)CCC(=O)OCCC)COC(=O)CCC(=O)OCCC. The fraction of sp³-hybridized carbons (Fsp3) is 0.851. The zero-order valence-electron chi connectivity index (χ0n) is 76.2. The summed E-state index contributed by atoms with van der Waals surface area (Å²) < 4.78 is 75.5. The van der Waals surface area contributed by atoms with Gasteiger partial charge in [-0.3, -0.25) is 67.1 Å². The lowest BCUT2D eigenvalue weighted by atomic mass is 10.1. The van der Waals surface area contributed by atoms with Crippen LogP contribution in [0.4, 0.5) is 0 Å². The Labute approximate surface area is 731 Å². The summed E-state index contributed by atoms with van der Waals surface area (Å²) in [6.07, 6.45) is 38.8. The zero-order chi connectivity index (χ0) is 89.8. The lowest BCUT2D eigenvalue weighted by Crippen LogP contribution is -2.33. The molecule has 0 saturated carbocycles. The summed E-state index contributed by atoms with van der Waals surface area (Å²) in [5, 5.41) is 0. The summed E-state index contributed by atoms with van der Waals surface area (Å²) in [5.74, 6) is -11.3. The highest BCUT2D eigenvalue weighted by Gasteiger charge is 2.27. The Hall–Kier alpha value is -7.42. The van der Waals surface area contributed by atoms with Gasteiger partial charge in [-0.25, -0.2) is 0 Å². The van der Waals surface area contributed by atoms with Crippen LogP contribution in [0.15, 0.2) is 0 Å². The van der Waals surface area contributed by atoms with Crippen molar-refractivity contribution in [2.24, 2.45) is 0 Å². The van der Waals surface area contributed by atoms with E-state index in [0.717, 1.165) is 103 Å². The number of hydrogen-bond acceptors (Lipinski definition) is 28. The summed E-state index contributed by atoms with van der Waals surface area (Å²) in [6, 6.07) is 0. The number of carbonyl (C=O) groups is 14. The highest BCUT2D eigenvalue weighted by molar-refractivity contribution is 5.81. The molecule has 0 fully saturated rings. The summed E-state index contributed by atoms with van der Waals surface area (Å²) in [5.41, 5.74) is 0. The van der Waals surface area contributed by atoms with Gasteiger partial charge < -0.3 is 66.3 Å². The van der Waals surface area contributed by atoms with Crippen LogP contribution in [0, 0.1) is 0 Å². The minimum Gasteiger partial charge on any atom is -0.466 e. The lowest BCUT2D eigenvalue weighted by Gasteiger charge is -2.20. The van der Waals surface area contributed by atoms with Crippen LogP contribution in [-0.4, -0.2) is 174 Å². The third-order valence-electron chi connectivity index (χ3n) is 20.2. The molecule has 0 aliphatic rings. The van der Waals surface area contributed by atoms with Crippen LogP contribution in [0.1, 0.15) is 427 Å². The second-order valence-electron chi connectivity index (χ2n) is 32.0. The predicted octanol–water partition coefficient (Wildman–Crippen LogP) is 19.6. The van der Waals surface area contributed by atoms with E-state index in [1.807, 2.05) is 0 Å². The Kier molecular flexibility index (Phi) is 79.3. The normalized spacial score (nSPS) is 11.1. The van der Waals surface area contributed by atoms with Crippen LogP contribution < -0.4 is 0 Å². The molecule has 0 heterocycles. The molecule has 0 atom stereocenters. The van der Waals surface area contributed by atoms with Crippen LogP contribution in [0.3, 0.4) is 0 Å². The average Bonchev–Trinajstić information content (AvgIpc) is 0.917. The minimum atomic E-state index is -1.59. The summed E-state index contributed by atoms with van der Waals surface area (Å²) in [6.45, 7) is 7.99. The van der Waals surface area contributed by atoms with Crippen molar-refractivity contribution >= 4 is 83.6 Å². The first-order valence-corrected chi connectivity index (χ1v) is 47.5. The first-order chi connectivity index (χ1) is 59.2. The molecule has 0 bridgehead atoms. The lowest BCUT2D eigenvalue weighted by molar-refractivity contribution is -0.171. The van der Waals surface area contributed by atoms with Gasteiger partial charge in [0.1, 0.15) is 52.9 Å². The van der Waals surface area contributed by atoms with Crippen molar-refractivity contribution in [2.75, 3.05) is 66.1 Å². The maximum Gasteiger partial charge on any atom is 0.306 e. The van der Waals surface area contributed by atoms with Gasteiger partial charge in [-0.1, -0.05) is 298 Å². The monoisotopic (exact) mass is 1740 g/mol. The van der Waals surface area contributed by atoms with Crippen molar-refractivity contribution in [1.29, 1.82) is 0 Å². The van der Waals surface area contributed by atoms with Gasteiger partial charge in [0.2, 0.25) is 0 Å². The van der Waals surface area contributed by atoms with Crippen LogP contribution in [0.2, 0.25) is 0 Å². The Bertz CT molecular complexity index is 2490. The molecule has 28 nitrogen and oxygen atoms in total. The van der Waals surface area contributed by atoms with Crippen molar-refractivity contribution in [3.05, 3.63) is 0 Å². The first-order valence-electron chi connectivity index (χ1n) is 47.5. The van der Waals surface area contributed by atoms with Gasteiger partial charge in [0.05, 0.1) is 77.4 Å². The van der Waals surface area contributed by atoms with E-state index in [1.54, 1.807) is 13.8 Å². The second kappa shape index (κ2) is 84.4. The van der Waals surface area contributed by atoms with E-state index in [9.17, 15) is 67.1 Å². The van der Waals surface area contributed by atoms with Crippen molar-refractivity contribution in [3.63, 3.8) is 0 Å². The molecule has 0 spiro atoms. The zero-order valence-corrected chi connectivity index (χ0v) is 76.2. The molecule has 0 radical (unpaired) electrons. The van der Waals surface area contributed by atoms with E-state index in [4.69, 9.17) is 66.3 Å².